The molecule has 0 aromatic carbocycles. The Hall–Kier alpha value is 0.288. The molecule has 0 rings (SSSR count). The van der Waals surface area contributed by atoms with Crippen LogP contribution in [0.1, 0.15) is 20.3 Å². The van der Waals surface area contributed by atoms with Crippen molar-refractivity contribution in [3.05, 3.63) is 0 Å². The van der Waals surface area contributed by atoms with Crippen molar-refractivity contribution >= 4 is 27.9 Å². The maximum atomic E-state index is 9.37. The van der Waals surface area contributed by atoms with E-state index in [4.69, 9.17) is 12.8 Å². The van der Waals surface area contributed by atoms with Gasteiger partial charge in [0, 0.05) is 40.7 Å². The molecule has 1 N–H and O–H groups in total. The van der Waals surface area contributed by atoms with Gasteiger partial charge < -0.3 is 5.11 Å². The van der Waals surface area contributed by atoms with Crippen molar-refractivity contribution in [1.29, 1.82) is 0 Å². The number of carboxylic acids is 1. The second-order valence-corrected chi connectivity index (χ2v) is 1.58. The van der Waals surface area contributed by atoms with Gasteiger partial charge in [0.15, 0.2) is 0 Å². The summed E-state index contributed by atoms with van der Waals surface area (Å²) >= 11 is 0. The predicted molar refractivity (Wildman–Crippen MR) is 45.7 cm³/mol. The predicted octanol–water partition coefficient (Wildman–Crippen LogP) is 0.310. The average molecular weight is 238 g/mol. The molecule has 0 aromatic heterocycles. The normalized spacial score (nSPS) is 6.36. The van der Waals surface area contributed by atoms with Crippen molar-refractivity contribution in [3.8, 4) is 0 Å². The van der Waals surface area contributed by atoms with Gasteiger partial charge >= 0.3 is 5.97 Å². The van der Waals surface area contributed by atoms with Gasteiger partial charge in [0.1, 0.15) is 0 Å². The molecule has 0 bridgehead atoms. The number of carboxylic acid groups (broad SMARTS) is 1. The van der Waals surface area contributed by atoms with E-state index in [0.717, 1.165) is 6.32 Å². The molecule has 61 valence electrons. The summed E-state index contributed by atoms with van der Waals surface area (Å²) in [5.41, 5.74) is 0. The van der Waals surface area contributed by atoms with Crippen LogP contribution in [-0.2, 0) is 24.3 Å². The Morgan fingerprint density at radius 2 is 1.91 bits per heavy atom. The third-order valence-electron chi connectivity index (χ3n) is 0.674. The fraction of sp³-hybridized carbons (Fsp3) is 0.800. The Bertz CT molecular complexity index is 80.1. The molecule has 0 fully saturated rings. The maximum absolute atomic E-state index is 9.37. The molecular formula is C5H11B3O2Rh. The SMILES string of the molecule is CCC(=O)O.[B][B][B]CC.[Rh]. The van der Waals surface area contributed by atoms with Crippen LogP contribution in [0.3, 0.4) is 0 Å². The zero-order valence-electron chi connectivity index (χ0n) is 6.84. The quantitative estimate of drug-likeness (QED) is 0.719. The van der Waals surface area contributed by atoms with E-state index < -0.39 is 5.97 Å². The van der Waals surface area contributed by atoms with Crippen molar-refractivity contribution in [2.75, 3.05) is 0 Å². The summed E-state index contributed by atoms with van der Waals surface area (Å²) in [5, 5.41) is 7.72. The third-order valence-corrected chi connectivity index (χ3v) is 0.674. The third kappa shape index (κ3) is 38.4. The van der Waals surface area contributed by atoms with Crippen LogP contribution in [0.5, 0.6) is 0 Å². The van der Waals surface area contributed by atoms with Gasteiger partial charge in [0.25, 0.3) is 0 Å². The molecule has 0 saturated carbocycles. The van der Waals surface area contributed by atoms with Crippen LogP contribution in [0.25, 0.3) is 0 Å². The van der Waals surface area contributed by atoms with Gasteiger partial charge in [-0.05, 0) is 0 Å². The summed E-state index contributed by atoms with van der Waals surface area (Å²) in [6, 6.07) is 0. The van der Waals surface area contributed by atoms with E-state index in [1.807, 2.05) is 14.1 Å². The topological polar surface area (TPSA) is 37.3 Å². The smallest absolute Gasteiger partial charge is 0.303 e. The minimum atomic E-state index is -0.745. The Kier molecular flexibility index (Phi) is 26.4. The molecule has 0 aliphatic carbocycles. The summed E-state index contributed by atoms with van der Waals surface area (Å²) < 4.78 is 0. The van der Waals surface area contributed by atoms with E-state index in [1.165, 1.54) is 0 Å². The first-order valence-electron chi connectivity index (χ1n) is 3.27. The summed E-state index contributed by atoms with van der Waals surface area (Å²) in [6.45, 7) is 3.64. The van der Waals surface area contributed by atoms with Gasteiger partial charge in [-0.3, -0.25) is 4.79 Å². The van der Waals surface area contributed by atoms with Gasteiger partial charge in [-0.1, -0.05) is 20.2 Å². The Labute approximate surface area is 84.1 Å². The van der Waals surface area contributed by atoms with Crippen LogP contribution in [0.2, 0.25) is 6.32 Å². The minimum Gasteiger partial charge on any atom is -0.481 e. The van der Waals surface area contributed by atoms with Gasteiger partial charge in [-0.15, -0.1) is 0 Å². The number of rotatable bonds is 3. The number of aliphatic carboxylic acids is 1. The summed E-state index contributed by atoms with van der Waals surface area (Å²) in [6.07, 6.45) is 1.26. The molecule has 0 spiro atoms. The van der Waals surface area contributed by atoms with E-state index in [0.29, 0.717) is 0 Å². The number of hydrogen-bond acceptors (Lipinski definition) is 1. The van der Waals surface area contributed by atoms with Crippen LogP contribution in [0, 0.1) is 0 Å². The van der Waals surface area contributed by atoms with Crippen LogP contribution in [-0.4, -0.2) is 33.0 Å². The van der Waals surface area contributed by atoms with Crippen molar-refractivity contribution < 1.29 is 29.4 Å². The largest absolute Gasteiger partial charge is 0.481 e. The molecule has 0 atom stereocenters. The molecule has 6 heteroatoms. The average Bonchev–Trinajstić information content (AvgIpc) is 1.91. The molecule has 0 saturated heterocycles. The van der Waals surface area contributed by atoms with E-state index in [2.05, 4.69) is 0 Å². The van der Waals surface area contributed by atoms with E-state index >= 15 is 0 Å². The van der Waals surface area contributed by atoms with Crippen molar-refractivity contribution in [2.45, 2.75) is 26.6 Å². The summed E-state index contributed by atoms with van der Waals surface area (Å²) in [7, 11) is 8.42. The molecule has 0 unspecified atom stereocenters. The first-order chi connectivity index (χ1) is 4.68. The molecular weight excluding hydrogens is 227 g/mol. The zero-order valence-corrected chi connectivity index (χ0v) is 8.47. The van der Waals surface area contributed by atoms with Gasteiger partial charge in [0.2, 0.25) is 0 Å². The van der Waals surface area contributed by atoms with Crippen LogP contribution in [0.4, 0.5) is 0 Å². The van der Waals surface area contributed by atoms with Gasteiger partial charge in [0.05, 0.1) is 7.17 Å². The molecule has 11 heavy (non-hydrogen) atoms. The maximum Gasteiger partial charge on any atom is 0.303 e. The molecule has 0 aliphatic heterocycles. The van der Waals surface area contributed by atoms with E-state index in [9.17, 15) is 4.79 Å². The van der Waals surface area contributed by atoms with Crippen LogP contribution >= 0.6 is 0 Å². The fourth-order valence-electron chi connectivity index (χ4n) is 0.136. The van der Waals surface area contributed by atoms with Crippen LogP contribution in [0.15, 0.2) is 0 Å². The molecule has 5 radical (unpaired) electrons. The molecule has 0 amide bonds. The second kappa shape index (κ2) is 16.7. The standard InChI is InChI=1S/C3H6O2.C2H5B3.Rh/c1-2-3(4)5;1-2-4-5-3;/h2H2,1H3,(H,4,5);2H2,1H3;. The van der Waals surface area contributed by atoms with Crippen LogP contribution < -0.4 is 0 Å². The van der Waals surface area contributed by atoms with Gasteiger partial charge in [-0.2, -0.15) is 0 Å². The van der Waals surface area contributed by atoms with E-state index in [1.54, 1.807) is 14.0 Å². The summed E-state index contributed by atoms with van der Waals surface area (Å²) in [5.74, 6) is -0.745. The zero-order chi connectivity index (χ0) is 8.41. The Morgan fingerprint density at radius 1 is 1.55 bits per heavy atom. The summed E-state index contributed by atoms with van der Waals surface area (Å²) in [4.78, 5) is 9.37. The Balaban J connectivity index is -0.000000107. The minimum absolute atomic E-state index is 0. The molecule has 0 aromatic rings. The molecule has 2 nitrogen and oxygen atoms in total. The molecule has 0 heterocycles. The first-order valence-corrected chi connectivity index (χ1v) is 3.27. The van der Waals surface area contributed by atoms with Crippen molar-refractivity contribution in [3.63, 3.8) is 0 Å². The Morgan fingerprint density at radius 3 is 1.91 bits per heavy atom. The molecule has 0 aliphatic rings. The van der Waals surface area contributed by atoms with Crippen molar-refractivity contribution in [1.82, 2.24) is 0 Å². The van der Waals surface area contributed by atoms with Crippen molar-refractivity contribution in [2.24, 2.45) is 0 Å². The number of hydrogen-bond donors (Lipinski definition) is 1. The first kappa shape index (κ1) is 17.4. The monoisotopic (exact) mass is 239 g/mol. The fourth-order valence-corrected chi connectivity index (χ4v) is 0.136. The second-order valence-electron chi connectivity index (χ2n) is 1.58. The number of carbonyl (C=O) groups is 1. The van der Waals surface area contributed by atoms with Gasteiger partial charge in [-0.25, -0.2) is 0 Å². The van der Waals surface area contributed by atoms with E-state index in [-0.39, 0.29) is 25.9 Å².